The van der Waals surface area contributed by atoms with Crippen molar-refractivity contribution >= 4 is 23.9 Å². The minimum atomic E-state index is -0.997. The Balaban J connectivity index is 4.54. The molecule has 0 bridgehead atoms. The van der Waals surface area contributed by atoms with Crippen LogP contribution in [0.3, 0.4) is 0 Å². The Morgan fingerprint density at radius 3 is 1.10 bits per heavy atom. The van der Waals surface area contributed by atoms with Crippen LogP contribution in [0.15, 0.2) is 0 Å². The van der Waals surface area contributed by atoms with Crippen LogP contribution in [0.4, 0.5) is 0 Å². The molecule has 0 amide bonds. The van der Waals surface area contributed by atoms with Gasteiger partial charge in [0.2, 0.25) is 0 Å². The number of rotatable bonds is 18. The zero-order valence-corrected chi connectivity index (χ0v) is 17.0. The summed E-state index contributed by atoms with van der Waals surface area (Å²) in [5, 5.41) is 35.6. The van der Waals surface area contributed by atoms with Crippen molar-refractivity contribution in [2.45, 2.75) is 6.42 Å². The van der Waals surface area contributed by atoms with E-state index in [4.69, 9.17) is 20.4 Å². The molecule has 0 radical (unpaired) electrons. The van der Waals surface area contributed by atoms with Crippen molar-refractivity contribution in [2.24, 2.45) is 0 Å². The highest BCUT2D eigenvalue weighted by atomic mass is 16.4. The van der Waals surface area contributed by atoms with Gasteiger partial charge in [0, 0.05) is 39.3 Å². The van der Waals surface area contributed by atoms with Gasteiger partial charge in [-0.1, -0.05) is 0 Å². The van der Waals surface area contributed by atoms with Gasteiger partial charge in [0.25, 0.3) is 0 Å². The molecule has 12 heteroatoms. The van der Waals surface area contributed by atoms with Crippen molar-refractivity contribution in [1.82, 2.24) is 19.6 Å². The van der Waals surface area contributed by atoms with Gasteiger partial charge in [0.05, 0.1) is 26.2 Å². The lowest BCUT2D eigenvalue weighted by Gasteiger charge is -2.26. The SMILES string of the molecule is CN(CCN(CCCN(CCN(C)CC(=O)O)CC(=O)O)CC(=O)O)CC(=O)O. The molecular formula is C17H32N4O8. The Labute approximate surface area is 169 Å². The Bertz CT molecular complexity index is 500. The second kappa shape index (κ2) is 14.7. The molecule has 0 spiro atoms. The fourth-order valence-corrected chi connectivity index (χ4v) is 2.68. The van der Waals surface area contributed by atoms with Crippen LogP contribution in [0.25, 0.3) is 0 Å². The summed E-state index contributed by atoms with van der Waals surface area (Å²) in [6.07, 6.45) is 0.520. The Hall–Kier alpha value is -2.28. The van der Waals surface area contributed by atoms with Crippen LogP contribution in [0.2, 0.25) is 0 Å². The zero-order valence-electron chi connectivity index (χ0n) is 17.0. The molecule has 0 aliphatic rings. The Kier molecular flexibility index (Phi) is 13.5. The molecule has 0 unspecified atom stereocenters. The highest BCUT2D eigenvalue weighted by Gasteiger charge is 2.15. The summed E-state index contributed by atoms with van der Waals surface area (Å²) in [6.45, 7) is 1.67. The molecule has 0 saturated heterocycles. The number of carboxylic acid groups (broad SMARTS) is 4. The van der Waals surface area contributed by atoms with Crippen LogP contribution in [-0.4, -0.2) is 143 Å². The first kappa shape index (κ1) is 26.7. The fraction of sp³-hybridized carbons (Fsp3) is 0.765. The highest BCUT2D eigenvalue weighted by Crippen LogP contribution is 1.99. The van der Waals surface area contributed by atoms with Crippen molar-refractivity contribution in [2.75, 3.05) is 79.5 Å². The summed E-state index contributed by atoms with van der Waals surface area (Å²) in [6, 6.07) is 0. The molecule has 0 aliphatic heterocycles. The average Bonchev–Trinajstić information content (AvgIpc) is 2.55. The Morgan fingerprint density at radius 1 is 0.517 bits per heavy atom. The van der Waals surface area contributed by atoms with Gasteiger partial charge >= 0.3 is 23.9 Å². The zero-order chi connectivity index (χ0) is 22.4. The molecule has 12 nitrogen and oxygen atoms in total. The molecule has 168 valence electrons. The maximum absolute atomic E-state index is 11.0. The molecular weight excluding hydrogens is 388 g/mol. The van der Waals surface area contributed by atoms with E-state index in [1.165, 1.54) is 0 Å². The third kappa shape index (κ3) is 16.4. The summed E-state index contributed by atoms with van der Waals surface area (Å²) >= 11 is 0. The van der Waals surface area contributed by atoms with Gasteiger partial charge in [0.15, 0.2) is 0 Å². The standard InChI is InChI=1S/C17H32N4O8/c1-18(10-14(22)23)6-8-20(12-16(26)27)4-3-5-21(13-17(28)29)9-7-19(2)11-15(24)25/h3-13H2,1-2H3,(H,22,23)(H,24,25)(H,26,27)(H,28,29). The quantitative estimate of drug-likeness (QED) is 0.197. The number of hydrogen-bond donors (Lipinski definition) is 4. The minimum absolute atomic E-state index is 0.142. The summed E-state index contributed by atoms with van der Waals surface area (Å²) in [4.78, 5) is 50.0. The van der Waals surface area contributed by atoms with Gasteiger partial charge in [-0.2, -0.15) is 0 Å². The van der Waals surface area contributed by atoms with Gasteiger partial charge in [-0.25, -0.2) is 0 Å². The topological polar surface area (TPSA) is 162 Å². The molecule has 0 aromatic heterocycles. The normalized spacial score (nSPS) is 11.5. The van der Waals surface area contributed by atoms with E-state index in [9.17, 15) is 19.2 Å². The minimum Gasteiger partial charge on any atom is -0.480 e. The molecule has 0 saturated carbocycles. The molecule has 0 heterocycles. The van der Waals surface area contributed by atoms with Gasteiger partial charge in [-0.3, -0.25) is 38.8 Å². The summed E-state index contributed by atoms with van der Waals surface area (Å²) in [5.41, 5.74) is 0. The van der Waals surface area contributed by atoms with E-state index < -0.39 is 23.9 Å². The third-order valence-corrected chi connectivity index (χ3v) is 4.07. The Morgan fingerprint density at radius 2 is 0.828 bits per heavy atom. The predicted molar refractivity (Wildman–Crippen MR) is 103 cm³/mol. The van der Waals surface area contributed by atoms with Crippen LogP contribution in [0.1, 0.15) is 6.42 Å². The van der Waals surface area contributed by atoms with Crippen molar-refractivity contribution in [3.05, 3.63) is 0 Å². The van der Waals surface area contributed by atoms with Crippen LogP contribution in [0, 0.1) is 0 Å². The summed E-state index contributed by atoms with van der Waals surface area (Å²) in [5.74, 6) is -3.92. The first-order valence-electron chi connectivity index (χ1n) is 9.18. The van der Waals surface area contributed by atoms with E-state index in [1.54, 1.807) is 33.7 Å². The molecule has 0 aromatic carbocycles. The lowest BCUT2D eigenvalue weighted by molar-refractivity contribution is -0.140. The van der Waals surface area contributed by atoms with Gasteiger partial charge < -0.3 is 20.4 Å². The van der Waals surface area contributed by atoms with Crippen molar-refractivity contribution in [3.8, 4) is 0 Å². The average molecular weight is 420 g/mol. The first-order chi connectivity index (χ1) is 13.5. The number of nitrogens with zero attached hydrogens (tertiary/aromatic N) is 4. The monoisotopic (exact) mass is 420 g/mol. The molecule has 0 fully saturated rings. The van der Waals surface area contributed by atoms with Crippen molar-refractivity contribution in [1.29, 1.82) is 0 Å². The predicted octanol–water partition coefficient (Wildman–Crippen LogP) is -1.82. The van der Waals surface area contributed by atoms with E-state index in [1.807, 2.05) is 0 Å². The third-order valence-electron chi connectivity index (χ3n) is 4.07. The molecule has 0 atom stereocenters. The maximum atomic E-state index is 11.0. The number of aliphatic carboxylic acids is 4. The maximum Gasteiger partial charge on any atom is 0.317 e. The smallest absolute Gasteiger partial charge is 0.317 e. The number of carbonyl (C=O) groups is 4. The number of hydrogen-bond acceptors (Lipinski definition) is 8. The van der Waals surface area contributed by atoms with Crippen LogP contribution in [0.5, 0.6) is 0 Å². The van der Waals surface area contributed by atoms with Crippen molar-refractivity contribution in [3.63, 3.8) is 0 Å². The summed E-state index contributed by atoms with van der Waals surface area (Å²) in [7, 11) is 3.27. The van der Waals surface area contributed by atoms with Crippen LogP contribution < -0.4 is 0 Å². The second-order valence-electron chi connectivity index (χ2n) is 6.96. The molecule has 0 aliphatic carbocycles. The van der Waals surface area contributed by atoms with Crippen LogP contribution >= 0.6 is 0 Å². The van der Waals surface area contributed by atoms with E-state index in [2.05, 4.69) is 0 Å². The molecule has 4 N–H and O–H groups in total. The molecule has 29 heavy (non-hydrogen) atoms. The van der Waals surface area contributed by atoms with Gasteiger partial charge in [0.1, 0.15) is 0 Å². The largest absolute Gasteiger partial charge is 0.480 e. The summed E-state index contributed by atoms with van der Waals surface area (Å²) < 4.78 is 0. The van der Waals surface area contributed by atoms with Crippen LogP contribution in [-0.2, 0) is 19.2 Å². The van der Waals surface area contributed by atoms with E-state index in [0.717, 1.165) is 0 Å². The molecule has 0 aromatic rings. The number of carboxylic acids is 4. The highest BCUT2D eigenvalue weighted by molar-refractivity contribution is 5.70. The first-order valence-corrected chi connectivity index (χ1v) is 9.18. The van der Waals surface area contributed by atoms with E-state index in [0.29, 0.717) is 45.7 Å². The van der Waals surface area contributed by atoms with Gasteiger partial charge in [-0.05, 0) is 20.5 Å². The van der Waals surface area contributed by atoms with Crippen molar-refractivity contribution < 1.29 is 39.6 Å². The van der Waals surface area contributed by atoms with E-state index in [-0.39, 0.29) is 26.2 Å². The lowest BCUT2D eigenvalue weighted by atomic mass is 10.3. The van der Waals surface area contributed by atoms with E-state index >= 15 is 0 Å². The fourth-order valence-electron chi connectivity index (χ4n) is 2.68. The lowest BCUT2D eigenvalue weighted by Crippen LogP contribution is -2.41. The molecule has 0 rings (SSSR count). The van der Waals surface area contributed by atoms with Gasteiger partial charge in [-0.15, -0.1) is 0 Å². The number of likely N-dealkylation sites (N-methyl/N-ethyl adjacent to an activating group) is 2. The second-order valence-corrected chi connectivity index (χ2v) is 6.96.